The van der Waals surface area contributed by atoms with Gasteiger partial charge in [-0.25, -0.2) is 0 Å². The lowest BCUT2D eigenvalue weighted by Gasteiger charge is -2.18. The molecular formula is C19H17ClN2O4. The maximum atomic E-state index is 12.3. The van der Waals surface area contributed by atoms with Crippen LogP contribution in [0.4, 0.5) is 11.4 Å². The minimum absolute atomic E-state index is 0.0383. The van der Waals surface area contributed by atoms with Crippen molar-refractivity contribution in [3.63, 3.8) is 0 Å². The molecule has 0 saturated carbocycles. The molecular weight excluding hydrogens is 356 g/mol. The Morgan fingerprint density at radius 1 is 1.19 bits per heavy atom. The van der Waals surface area contributed by atoms with E-state index in [9.17, 15) is 14.4 Å². The molecule has 3 rings (SSSR count). The number of Topliss-reactive ketones (excluding diaryl/α,β-unsaturated/α-hetero) is 1. The summed E-state index contributed by atoms with van der Waals surface area (Å²) >= 11 is 5.93. The van der Waals surface area contributed by atoms with Gasteiger partial charge in [-0.1, -0.05) is 17.7 Å². The van der Waals surface area contributed by atoms with Gasteiger partial charge in [-0.2, -0.15) is 0 Å². The van der Waals surface area contributed by atoms with E-state index in [-0.39, 0.29) is 37.0 Å². The smallest absolute Gasteiger partial charge is 0.262 e. The third kappa shape index (κ3) is 4.21. The molecule has 0 fully saturated rings. The zero-order chi connectivity index (χ0) is 18.7. The molecule has 0 unspecified atom stereocenters. The molecule has 0 saturated heterocycles. The highest BCUT2D eigenvalue weighted by Crippen LogP contribution is 2.29. The van der Waals surface area contributed by atoms with Crippen molar-refractivity contribution in [2.45, 2.75) is 19.8 Å². The van der Waals surface area contributed by atoms with Crippen LogP contribution in [-0.4, -0.2) is 24.2 Å². The number of hydrogen-bond donors (Lipinski definition) is 2. The summed E-state index contributed by atoms with van der Waals surface area (Å²) in [6.07, 6.45) is 0.101. The van der Waals surface area contributed by atoms with Crippen LogP contribution in [0.2, 0.25) is 5.02 Å². The Hall–Kier alpha value is -2.86. The van der Waals surface area contributed by atoms with Gasteiger partial charge in [-0.3, -0.25) is 14.4 Å². The number of amides is 2. The first-order chi connectivity index (χ1) is 12.4. The monoisotopic (exact) mass is 372 g/mol. The summed E-state index contributed by atoms with van der Waals surface area (Å²) in [6, 6.07) is 10.0. The molecule has 0 atom stereocenters. The van der Waals surface area contributed by atoms with Crippen LogP contribution in [0, 0.1) is 6.92 Å². The van der Waals surface area contributed by atoms with Crippen LogP contribution in [0.5, 0.6) is 5.75 Å². The molecule has 1 heterocycles. The zero-order valence-electron chi connectivity index (χ0n) is 14.1. The zero-order valence-corrected chi connectivity index (χ0v) is 14.9. The fourth-order valence-electron chi connectivity index (χ4n) is 2.57. The number of carbonyl (C=O) groups is 3. The van der Waals surface area contributed by atoms with Gasteiger partial charge in [0.2, 0.25) is 5.91 Å². The SMILES string of the molecule is Cc1ccc(Cl)cc1NC(=O)CCC(=O)c1ccc2c(c1)NC(=O)CO2. The van der Waals surface area contributed by atoms with Gasteiger partial charge in [0.15, 0.2) is 12.4 Å². The Balaban J connectivity index is 1.60. The molecule has 1 aliphatic heterocycles. The highest BCUT2D eigenvalue weighted by atomic mass is 35.5. The molecule has 2 N–H and O–H groups in total. The van der Waals surface area contributed by atoms with Gasteiger partial charge >= 0.3 is 0 Å². The molecule has 0 aromatic heterocycles. The molecule has 0 spiro atoms. The van der Waals surface area contributed by atoms with E-state index in [1.54, 1.807) is 30.3 Å². The van der Waals surface area contributed by atoms with Gasteiger partial charge in [0.25, 0.3) is 5.91 Å². The number of hydrogen-bond acceptors (Lipinski definition) is 4. The molecule has 0 radical (unpaired) electrons. The van der Waals surface area contributed by atoms with Gasteiger partial charge in [0.1, 0.15) is 5.75 Å². The van der Waals surface area contributed by atoms with Crippen LogP contribution in [0.1, 0.15) is 28.8 Å². The highest BCUT2D eigenvalue weighted by Gasteiger charge is 2.18. The van der Waals surface area contributed by atoms with E-state index in [1.807, 2.05) is 13.0 Å². The summed E-state index contributed by atoms with van der Waals surface area (Å²) < 4.78 is 5.26. The summed E-state index contributed by atoms with van der Waals surface area (Å²) in [5.74, 6) is -0.197. The van der Waals surface area contributed by atoms with Crippen LogP contribution in [0.15, 0.2) is 36.4 Å². The van der Waals surface area contributed by atoms with E-state index < -0.39 is 0 Å². The summed E-state index contributed by atoms with van der Waals surface area (Å²) in [5, 5.41) is 5.95. The minimum atomic E-state index is -0.265. The fourth-order valence-corrected chi connectivity index (χ4v) is 2.74. The molecule has 2 aromatic carbocycles. The van der Waals surface area contributed by atoms with Crippen molar-refractivity contribution in [3.8, 4) is 5.75 Å². The largest absolute Gasteiger partial charge is 0.482 e. The molecule has 134 valence electrons. The molecule has 0 aliphatic carbocycles. The second kappa shape index (κ2) is 7.58. The minimum Gasteiger partial charge on any atom is -0.482 e. The Morgan fingerprint density at radius 2 is 2.00 bits per heavy atom. The van der Waals surface area contributed by atoms with Crippen LogP contribution < -0.4 is 15.4 Å². The Bertz CT molecular complexity index is 895. The molecule has 2 aromatic rings. The predicted molar refractivity (Wildman–Crippen MR) is 98.9 cm³/mol. The second-order valence-corrected chi connectivity index (χ2v) is 6.41. The molecule has 1 aliphatic rings. The molecule has 26 heavy (non-hydrogen) atoms. The lowest BCUT2D eigenvalue weighted by molar-refractivity contribution is -0.118. The standard InChI is InChI=1S/C19H17ClN2O4/c1-11-2-4-13(20)9-14(11)21-18(24)7-5-16(23)12-3-6-17-15(8-12)22-19(25)10-26-17/h2-4,6,8-9H,5,7,10H2,1H3,(H,21,24)(H,22,25). The van der Waals surface area contributed by atoms with Gasteiger partial charge in [-0.15, -0.1) is 0 Å². The summed E-state index contributed by atoms with van der Waals surface area (Å²) in [4.78, 5) is 35.8. The van der Waals surface area contributed by atoms with Crippen molar-refractivity contribution < 1.29 is 19.1 Å². The number of rotatable bonds is 5. The number of fused-ring (bicyclic) bond motifs is 1. The van der Waals surface area contributed by atoms with Gasteiger partial charge in [-0.05, 0) is 42.8 Å². The van der Waals surface area contributed by atoms with Crippen molar-refractivity contribution in [3.05, 3.63) is 52.5 Å². The third-order valence-electron chi connectivity index (χ3n) is 3.99. The number of ether oxygens (including phenoxy) is 1. The van der Waals surface area contributed by atoms with Gasteiger partial charge in [0.05, 0.1) is 5.69 Å². The highest BCUT2D eigenvalue weighted by molar-refractivity contribution is 6.31. The van der Waals surface area contributed by atoms with E-state index in [0.717, 1.165) is 5.56 Å². The van der Waals surface area contributed by atoms with Gasteiger partial charge < -0.3 is 15.4 Å². The lowest BCUT2D eigenvalue weighted by atomic mass is 10.0. The van der Waals surface area contributed by atoms with Crippen molar-refractivity contribution in [1.82, 2.24) is 0 Å². The average Bonchev–Trinajstić information content (AvgIpc) is 2.62. The number of benzene rings is 2. The normalized spacial score (nSPS) is 12.6. The Kier molecular flexibility index (Phi) is 5.23. The van der Waals surface area contributed by atoms with Crippen molar-refractivity contribution in [2.24, 2.45) is 0 Å². The van der Waals surface area contributed by atoms with Crippen LogP contribution >= 0.6 is 11.6 Å². The molecule has 0 bridgehead atoms. The number of halogens is 1. The van der Waals surface area contributed by atoms with Crippen molar-refractivity contribution >= 4 is 40.6 Å². The number of nitrogens with one attached hydrogen (secondary N) is 2. The number of ketones is 1. The number of aryl methyl sites for hydroxylation is 1. The maximum absolute atomic E-state index is 12.3. The number of carbonyl (C=O) groups excluding carboxylic acids is 3. The first-order valence-corrected chi connectivity index (χ1v) is 8.46. The van der Waals surface area contributed by atoms with Crippen LogP contribution in [-0.2, 0) is 9.59 Å². The lowest BCUT2D eigenvalue weighted by Crippen LogP contribution is -2.25. The van der Waals surface area contributed by atoms with E-state index in [4.69, 9.17) is 16.3 Å². The van der Waals surface area contributed by atoms with E-state index in [0.29, 0.717) is 27.7 Å². The topological polar surface area (TPSA) is 84.5 Å². The van der Waals surface area contributed by atoms with Crippen molar-refractivity contribution in [1.29, 1.82) is 0 Å². The van der Waals surface area contributed by atoms with Crippen LogP contribution in [0.25, 0.3) is 0 Å². The summed E-state index contributed by atoms with van der Waals surface area (Å²) in [6.45, 7) is 1.82. The quantitative estimate of drug-likeness (QED) is 0.785. The predicted octanol–water partition coefficient (Wildman–Crippen LogP) is 3.58. The molecule has 7 heteroatoms. The van der Waals surface area contributed by atoms with Gasteiger partial charge in [0, 0.05) is 29.1 Å². The maximum Gasteiger partial charge on any atom is 0.262 e. The van der Waals surface area contributed by atoms with E-state index >= 15 is 0 Å². The Morgan fingerprint density at radius 3 is 2.81 bits per heavy atom. The average molecular weight is 373 g/mol. The third-order valence-corrected chi connectivity index (χ3v) is 4.22. The molecule has 2 amide bonds. The van der Waals surface area contributed by atoms with Crippen molar-refractivity contribution in [2.75, 3.05) is 17.2 Å². The van der Waals surface area contributed by atoms with E-state index in [2.05, 4.69) is 10.6 Å². The summed E-state index contributed by atoms with van der Waals surface area (Å²) in [7, 11) is 0. The first kappa shape index (κ1) is 17.9. The fraction of sp³-hybridized carbons (Fsp3) is 0.211. The number of anilines is 2. The summed E-state index contributed by atoms with van der Waals surface area (Å²) in [5.41, 5.74) is 2.40. The first-order valence-electron chi connectivity index (χ1n) is 8.08. The Labute approximate surface area is 155 Å². The molecule has 6 nitrogen and oxygen atoms in total. The van der Waals surface area contributed by atoms with E-state index in [1.165, 1.54) is 0 Å². The van der Waals surface area contributed by atoms with Crippen LogP contribution in [0.3, 0.4) is 0 Å². The second-order valence-electron chi connectivity index (χ2n) is 5.98.